The van der Waals surface area contributed by atoms with E-state index >= 15 is 0 Å². The van der Waals surface area contributed by atoms with Crippen molar-refractivity contribution in [1.82, 2.24) is 4.90 Å². The van der Waals surface area contributed by atoms with Gasteiger partial charge in [0.25, 0.3) is 0 Å². The molecule has 0 aliphatic heterocycles. The van der Waals surface area contributed by atoms with Crippen molar-refractivity contribution in [3.05, 3.63) is 10.4 Å². The predicted octanol–water partition coefficient (Wildman–Crippen LogP) is 0.881. The number of hydrogen-bond acceptors (Lipinski definition) is 3. The van der Waals surface area contributed by atoms with Crippen molar-refractivity contribution in [3.8, 4) is 0 Å². The van der Waals surface area contributed by atoms with E-state index in [0.29, 0.717) is 12.8 Å². The van der Waals surface area contributed by atoms with Crippen molar-refractivity contribution in [2.45, 2.75) is 31.3 Å². The first-order valence-corrected chi connectivity index (χ1v) is 5.07. The molecule has 1 aliphatic carbocycles. The molecule has 1 fully saturated rings. The molecule has 1 amide bonds. The summed E-state index contributed by atoms with van der Waals surface area (Å²) in [7, 11) is 3.49. The molecule has 1 rings (SSSR count). The molecule has 0 aromatic heterocycles. The lowest BCUT2D eigenvalue weighted by atomic mass is 9.82. The van der Waals surface area contributed by atoms with Gasteiger partial charge in [-0.2, -0.15) is 0 Å². The fourth-order valence-corrected chi connectivity index (χ4v) is 1.99. The van der Waals surface area contributed by atoms with Gasteiger partial charge < -0.3 is 10.6 Å². The number of carbonyl (C=O) groups excluding carboxylic acids is 1. The van der Waals surface area contributed by atoms with Gasteiger partial charge in [0.05, 0.1) is 6.04 Å². The second kappa shape index (κ2) is 5.00. The van der Waals surface area contributed by atoms with Crippen molar-refractivity contribution in [2.24, 2.45) is 16.8 Å². The molecule has 0 aromatic carbocycles. The Hall–Kier alpha value is -1.26. The largest absolute Gasteiger partial charge is 0.349 e. The van der Waals surface area contributed by atoms with E-state index in [1.807, 2.05) is 0 Å². The first kappa shape index (κ1) is 11.8. The van der Waals surface area contributed by atoms with Crippen molar-refractivity contribution < 1.29 is 4.79 Å². The maximum Gasteiger partial charge on any atom is 0.225 e. The van der Waals surface area contributed by atoms with Crippen LogP contribution in [0.1, 0.15) is 19.3 Å². The number of nitrogens with two attached hydrogens (primary N) is 1. The summed E-state index contributed by atoms with van der Waals surface area (Å²) in [6.07, 6.45) is 2.07. The van der Waals surface area contributed by atoms with Gasteiger partial charge in [-0.25, -0.2) is 0 Å². The van der Waals surface area contributed by atoms with Crippen molar-refractivity contribution in [3.63, 3.8) is 0 Å². The molecule has 84 valence electrons. The molecule has 6 nitrogen and oxygen atoms in total. The van der Waals surface area contributed by atoms with Crippen LogP contribution in [0, 0.1) is 5.92 Å². The minimum absolute atomic E-state index is 0.0138. The van der Waals surface area contributed by atoms with Crippen molar-refractivity contribution in [1.29, 1.82) is 0 Å². The Kier molecular flexibility index (Phi) is 3.94. The van der Waals surface area contributed by atoms with E-state index in [1.165, 1.54) is 0 Å². The highest BCUT2D eigenvalue weighted by molar-refractivity contribution is 5.78. The highest BCUT2D eigenvalue weighted by Crippen LogP contribution is 2.26. The third-order valence-electron chi connectivity index (χ3n) is 2.85. The fourth-order valence-electron chi connectivity index (χ4n) is 1.99. The minimum atomic E-state index is -0.191. The summed E-state index contributed by atoms with van der Waals surface area (Å²) in [5.74, 6) is 0.102. The van der Waals surface area contributed by atoms with Crippen LogP contribution >= 0.6 is 0 Å². The van der Waals surface area contributed by atoms with Crippen LogP contribution in [-0.4, -0.2) is 37.0 Å². The van der Waals surface area contributed by atoms with E-state index in [0.717, 1.165) is 6.42 Å². The lowest BCUT2D eigenvalue weighted by Crippen LogP contribution is -2.43. The lowest BCUT2D eigenvalue weighted by molar-refractivity contribution is -0.134. The quantitative estimate of drug-likeness (QED) is 0.417. The molecular formula is C9H17N5O. The summed E-state index contributed by atoms with van der Waals surface area (Å²) in [6, 6.07) is -0.343. The third kappa shape index (κ3) is 2.84. The van der Waals surface area contributed by atoms with Gasteiger partial charge in [-0.05, 0) is 24.8 Å². The second-order valence-electron chi connectivity index (χ2n) is 4.18. The van der Waals surface area contributed by atoms with Crippen LogP contribution in [0.4, 0.5) is 0 Å². The number of hydrogen-bond donors (Lipinski definition) is 1. The molecule has 0 bridgehead atoms. The second-order valence-corrected chi connectivity index (χ2v) is 4.18. The molecule has 0 saturated heterocycles. The summed E-state index contributed by atoms with van der Waals surface area (Å²) in [5.41, 5.74) is 14.2. The third-order valence-corrected chi connectivity index (χ3v) is 2.85. The Bertz CT molecular complexity index is 284. The zero-order valence-corrected chi connectivity index (χ0v) is 9.13. The fraction of sp³-hybridized carbons (Fsp3) is 0.889. The van der Waals surface area contributed by atoms with Crippen LogP contribution in [0.5, 0.6) is 0 Å². The molecule has 2 N–H and O–H groups in total. The van der Waals surface area contributed by atoms with Crippen LogP contribution in [0.2, 0.25) is 0 Å². The van der Waals surface area contributed by atoms with Crippen molar-refractivity contribution in [2.75, 3.05) is 14.1 Å². The first-order chi connectivity index (χ1) is 7.06. The molecule has 6 heteroatoms. The normalized spacial score (nSPS) is 30.5. The van der Waals surface area contributed by atoms with Gasteiger partial charge in [0.1, 0.15) is 0 Å². The van der Waals surface area contributed by atoms with Crippen molar-refractivity contribution >= 4 is 5.91 Å². The molecule has 0 heterocycles. The van der Waals surface area contributed by atoms with Gasteiger partial charge in [0.2, 0.25) is 5.91 Å². The summed E-state index contributed by atoms with van der Waals surface area (Å²) >= 11 is 0. The maximum absolute atomic E-state index is 11.7. The van der Waals surface area contributed by atoms with Crippen LogP contribution in [-0.2, 0) is 4.79 Å². The topological polar surface area (TPSA) is 95.1 Å². The molecule has 3 atom stereocenters. The van der Waals surface area contributed by atoms with Crippen LogP contribution in [0.15, 0.2) is 5.11 Å². The summed E-state index contributed by atoms with van der Waals surface area (Å²) < 4.78 is 0. The van der Waals surface area contributed by atoms with Gasteiger partial charge in [-0.15, -0.1) is 0 Å². The van der Waals surface area contributed by atoms with E-state index in [2.05, 4.69) is 10.0 Å². The minimum Gasteiger partial charge on any atom is -0.349 e. The van der Waals surface area contributed by atoms with Gasteiger partial charge in [-0.1, -0.05) is 5.11 Å². The zero-order chi connectivity index (χ0) is 11.4. The van der Waals surface area contributed by atoms with Gasteiger partial charge in [-0.3, -0.25) is 4.79 Å². The summed E-state index contributed by atoms with van der Waals surface area (Å²) in [4.78, 5) is 16.0. The average Bonchev–Trinajstić information content (AvgIpc) is 2.20. The molecule has 1 aliphatic rings. The standard InChI is InChI=1S/C9H17N5O/c1-14(2)9(15)6-3-4-8(12-13-11)7(10)5-6/h6-8H,3-5,10H2,1-2H3/t6-,7+,8-/m0/s1. The molecule has 0 unspecified atom stereocenters. The maximum atomic E-state index is 11.7. The average molecular weight is 211 g/mol. The van der Waals surface area contributed by atoms with E-state index < -0.39 is 0 Å². The molecule has 0 radical (unpaired) electrons. The smallest absolute Gasteiger partial charge is 0.225 e. The Morgan fingerprint density at radius 2 is 2.20 bits per heavy atom. The Labute approximate surface area is 89.0 Å². The van der Waals surface area contributed by atoms with E-state index in [9.17, 15) is 4.79 Å². The monoisotopic (exact) mass is 211 g/mol. The summed E-state index contributed by atoms with van der Waals surface area (Å²) in [5, 5.41) is 3.63. The molecular weight excluding hydrogens is 194 g/mol. The lowest BCUT2D eigenvalue weighted by Gasteiger charge is -2.31. The van der Waals surface area contributed by atoms with E-state index in [4.69, 9.17) is 11.3 Å². The van der Waals surface area contributed by atoms with E-state index in [1.54, 1.807) is 19.0 Å². The number of rotatable bonds is 2. The van der Waals surface area contributed by atoms with Gasteiger partial charge in [0.15, 0.2) is 0 Å². The zero-order valence-electron chi connectivity index (χ0n) is 9.13. The van der Waals surface area contributed by atoms with Crippen LogP contribution < -0.4 is 5.73 Å². The van der Waals surface area contributed by atoms with Gasteiger partial charge >= 0.3 is 0 Å². The predicted molar refractivity (Wildman–Crippen MR) is 56.9 cm³/mol. The summed E-state index contributed by atoms with van der Waals surface area (Å²) in [6.45, 7) is 0. The van der Waals surface area contributed by atoms with Crippen LogP contribution in [0.3, 0.4) is 0 Å². The Balaban J connectivity index is 2.58. The SMILES string of the molecule is CN(C)C(=O)[C@H]1CC[C@H](N=[N+]=[N-])[C@H](N)C1. The Morgan fingerprint density at radius 3 is 2.67 bits per heavy atom. The Morgan fingerprint density at radius 1 is 1.53 bits per heavy atom. The van der Waals surface area contributed by atoms with Crippen LogP contribution in [0.25, 0.3) is 10.4 Å². The first-order valence-electron chi connectivity index (χ1n) is 5.07. The molecule has 0 aromatic rings. The van der Waals surface area contributed by atoms with Gasteiger partial charge in [0, 0.05) is 31.0 Å². The highest BCUT2D eigenvalue weighted by Gasteiger charge is 2.31. The highest BCUT2D eigenvalue weighted by atomic mass is 16.2. The molecule has 15 heavy (non-hydrogen) atoms. The number of amides is 1. The van der Waals surface area contributed by atoms with E-state index in [-0.39, 0.29) is 23.9 Å². The number of azide groups is 1. The molecule has 1 saturated carbocycles. The number of nitrogens with zero attached hydrogens (tertiary/aromatic N) is 4. The molecule has 0 spiro atoms. The number of carbonyl (C=O) groups is 1.